The Morgan fingerprint density at radius 3 is 2.76 bits per heavy atom. The van der Waals surface area contributed by atoms with Gasteiger partial charge >= 0.3 is 0 Å². The largest absolute Gasteiger partial charge is 0.300 e. The Morgan fingerprint density at radius 2 is 2.00 bits per heavy atom. The Hall–Kier alpha value is -1.97. The molecule has 3 aromatic rings. The molecule has 0 spiro atoms. The lowest BCUT2D eigenvalue weighted by Gasteiger charge is -2.20. The van der Waals surface area contributed by atoms with E-state index in [9.17, 15) is 0 Å². The van der Waals surface area contributed by atoms with Crippen molar-refractivity contribution in [2.45, 2.75) is 32.2 Å². The van der Waals surface area contributed by atoms with E-state index in [1.807, 2.05) is 18.3 Å². The Balaban J connectivity index is 1.53. The predicted octanol–water partition coefficient (Wildman–Crippen LogP) is 4.98. The third kappa shape index (κ3) is 3.68. The van der Waals surface area contributed by atoms with Gasteiger partial charge in [0, 0.05) is 41.8 Å². The fourth-order valence-electron chi connectivity index (χ4n) is 3.62. The Labute approximate surface area is 153 Å². The smallest absolute Gasteiger partial charge is 0.129 e. The van der Waals surface area contributed by atoms with Crippen molar-refractivity contribution in [2.75, 3.05) is 13.1 Å². The molecular weight excluding hydrogens is 330 g/mol. The molecule has 1 atom stereocenters. The van der Waals surface area contributed by atoms with Crippen LogP contribution in [0, 0.1) is 0 Å². The highest BCUT2D eigenvalue weighted by atomic mass is 35.5. The van der Waals surface area contributed by atoms with E-state index in [-0.39, 0.29) is 0 Å². The Bertz CT molecular complexity index is 876. The zero-order chi connectivity index (χ0) is 17.2. The Kier molecular flexibility index (Phi) is 4.69. The summed E-state index contributed by atoms with van der Waals surface area (Å²) in [5, 5.41) is 1.67. The number of likely N-dealkylation sites (tertiary alicyclic amines) is 1. The quantitative estimate of drug-likeness (QED) is 0.621. The molecule has 3 nitrogen and oxygen atoms in total. The zero-order valence-electron chi connectivity index (χ0n) is 14.5. The number of aromatic nitrogens is 2. The zero-order valence-corrected chi connectivity index (χ0v) is 15.2. The van der Waals surface area contributed by atoms with E-state index < -0.39 is 0 Å². The van der Waals surface area contributed by atoms with Gasteiger partial charge in [-0.2, -0.15) is 0 Å². The molecule has 2 aromatic heterocycles. The van der Waals surface area contributed by atoms with Crippen LogP contribution in [0.15, 0.2) is 48.7 Å². The summed E-state index contributed by atoms with van der Waals surface area (Å²) in [7, 11) is 0. The molecule has 1 aliphatic rings. The summed E-state index contributed by atoms with van der Waals surface area (Å²) >= 11 is 5.87. The Morgan fingerprint density at radius 1 is 1.12 bits per heavy atom. The summed E-state index contributed by atoms with van der Waals surface area (Å²) in [6, 6.07) is 15.2. The van der Waals surface area contributed by atoms with Gasteiger partial charge in [0.15, 0.2) is 0 Å². The highest BCUT2D eigenvalue weighted by molar-refractivity contribution is 6.29. The number of benzene rings is 1. The van der Waals surface area contributed by atoms with E-state index in [1.165, 1.54) is 25.1 Å². The molecule has 4 rings (SSSR count). The summed E-state index contributed by atoms with van der Waals surface area (Å²) in [6.07, 6.45) is 5.48. The van der Waals surface area contributed by atoms with Gasteiger partial charge in [-0.25, -0.2) is 4.98 Å². The molecule has 0 saturated carbocycles. The van der Waals surface area contributed by atoms with Crippen molar-refractivity contribution < 1.29 is 0 Å². The normalized spacial score (nSPS) is 18.1. The molecular formula is C21H22ClN3. The molecule has 0 unspecified atom stereocenters. The molecule has 3 heterocycles. The lowest BCUT2D eigenvalue weighted by Crippen LogP contribution is -2.29. The summed E-state index contributed by atoms with van der Waals surface area (Å²) in [5.41, 5.74) is 4.43. The minimum atomic E-state index is 0.517. The molecule has 0 radical (unpaired) electrons. The number of pyridine rings is 2. The van der Waals surface area contributed by atoms with Gasteiger partial charge in [0.05, 0.1) is 5.52 Å². The van der Waals surface area contributed by atoms with Gasteiger partial charge < -0.3 is 4.90 Å². The molecule has 4 heteroatoms. The van der Waals surface area contributed by atoms with Crippen LogP contribution in [0.5, 0.6) is 0 Å². The highest BCUT2D eigenvalue weighted by Gasteiger charge is 2.19. The van der Waals surface area contributed by atoms with Crippen molar-refractivity contribution in [3.05, 3.63) is 59.5 Å². The van der Waals surface area contributed by atoms with Crippen molar-refractivity contribution in [1.82, 2.24) is 14.9 Å². The first kappa shape index (κ1) is 16.5. The third-order valence-corrected chi connectivity index (χ3v) is 5.38. The van der Waals surface area contributed by atoms with Gasteiger partial charge in [-0.05, 0) is 62.2 Å². The van der Waals surface area contributed by atoms with E-state index in [0.717, 1.165) is 41.0 Å². The van der Waals surface area contributed by atoms with Crippen molar-refractivity contribution in [2.24, 2.45) is 0 Å². The van der Waals surface area contributed by atoms with Crippen molar-refractivity contribution >= 4 is 22.5 Å². The molecule has 1 fully saturated rings. The molecule has 0 bridgehead atoms. The van der Waals surface area contributed by atoms with E-state index in [0.29, 0.717) is 5.15 Å². The molecule has 25 heavy (non-hydrogen) atoms. The summed E-state index contributed by atoms with van der Waals surface area (Å²) < 4.78 is 0. The SMILES string of the molecule is C[C@@H]1CCCN1CCc1ccc2cc(-c3ccc(Cl)nc3)ccc2n1. The molecule has 1 saturated heterocycles. The van der Waals surface area contributed by atoms with E-state index in [2.05, 4.69) is 47.1 Å². The first-order valence-electron chi connectivity index (χ1n) is 8.95. The fourth-order valence-corrected chi connectivity index (χ4v) is 3.73. The molecule has 0 N–H and O–H groups in total. The fraction of sp³-hybridized carbons (Fsp3) is 0.333. The van der Waals surface area contributed by atoms with Gasteiger partial charge in [-0.1, -0.05) is 23.7 Å². The summed E-state index contributed by atoms with van der Waals surface area (Å²) in [4.78, 5) is 11.6. The minimum absolute atomic E-state index is 0.517. The lowest BCUT2D eigenvalue weighted by atomic mass is 10.0. The maximum absolute atomic E-state index is 5.87. The maximum Gasteiger partial charge on any atom is 0.129 e. The van der Waals surface area contributed by atoms with Crippen LogP contribution in [0.25, 0.3) is 22.0 Å². The van der Waals surface area contributed by atoms with Crippen molar-refractivity contribution in [3.8, 4) is 11.1 Å². The topological polar surface area (TPSA) is 29.0 Å². The van der Waals surface area contributed by atoms with Crippen LogP contribution in [-0.2, 0) is 6.42 Å². The van der Waals surface area contributed by atoms with Crippen LogP contribution >= 0.6 is 11.6 Å². The number of hydrogen-bond acceptors (Lipinski definition) is 3. The van der Waals surface area contributed by atoms with Gasteiger partial charge in [-0.3, -0.25) is 4.98 Å². The number of halogens is 1. The van der Waals surface area contributed by atoms with Gasteiger partial charge in [0.1, 0.15) is 5.15 Å². The number of nitrogens with zero attached hydrogens (tertiary/aromatic N) is 3. The average molecular weight is 352 g/mol. The molecule has 0 aliphatic carbocycles. The molecule has 1 aromatic carbocycles. The van der Waals surface area contributed by atoms with E-state index >= 15 is 0 Å². The summed E-state index contributed by atoms with van der Waals surface area (Å²) in [5.74, 6) is 0. The first-order valence-corrected chi connectivity index (χ1v) is 9.32. The van der Waals surface area contributed by atoms with Crippen LogP contribution in [0.3, 0.4) is 0 Å². The van der Waals surface area contributed by atoms with Crippen LogP contribution in [0.2, 0.25) is 5.15 Å². The minimum Gasteiger partial charge on any atom is -0.300 e. The standard InChI is InChI=1S/C21H22ClN3/c1-15-3-2-11-25(15)12-10-19-7-4-17-13-16(5-8-20(17)24-19)18-6-9-21(22)23-14-18/h4-9,13-15H,2-3,10-12H2,1H3/t15-/m1/s1. The second-order valence-corrected chi connectivity index (χ2v) is 7.24. The average Bonchev–Trinajstić information content (AvgIpc) is 3.05. The van der Waals surface area contributed by atoms with Crippen molar-refractivity contribution in [1.29, 1.82) is 0 Å². The predicted molar refractivity (Wildman–Crippen MR) is 104 cm³/mol. The number of hydrogen-bond donors (Lipinski definition) is 0. The van der Waals surface area contributed by atoms with Gasteiger partial charge in [0.2, 0.25) is 0 Å². The van der Waals surface area contributed by atoms with Crippen LogP contribution in [0.1, 0.15) is 25.5 Å². The number of rotatable bonds is 4. The van der Waals surface area contributed by atoms with Crippen LogP contribution in [-0.4, -0.2) is 34.0 Å². The third-order valence-electron chi connectivity index (χ3n) is 5.15. The highest BCUT2D eigenvalue weighted by Crippen LogP contribution is 2.24. The van der Waals surface area contributed by atoms with E-state index in [4.69, 9.17) is 16.6 Å². The van der Waals surface area contributed by atoms with Crippen LogP contribution < -0.4 is 0 Å². The molecule has 1 aliphatic heterocycles. The first-order chi connectivity index (χ1) is 12.2. The molecule has 128 valence electrons. The number of fused-ring (bicyclic) bond motifs is 1. The molecule has 0 amide bonds. The van der Waals surface area contributed by atoms with Gasteiger partial charge in [0.25, 0.3) is 0 Å². The van der Waals surface area contributed by atoms with Crippen molar-refractivity contribution in [3.63, 3.8) is 0 Å². The second-order valence-electron chi connectivity index (χ2n) is 6.86. The van der Waals surface area contributed by atoms with E-state index in [1.54, 1.807) is 0 Å². The summed E-state index contributed by atoms with van der Waals surface area (Å²) in [6.45, 7) is 4.66. The second kappa shape index (κ2) is 7.11. The van der Waals surface area contributed by atoms with Gasteiger partial charge in [-0.15, -0.1) is 0 Å². The lowest BCUT2D eigenvalue weighted by molar-refractivity contribution is 0.271. The maximum atomic E-state index is 5.87. The monoisotopic (exact) mass is 351 g/mol. The van der Waals surface area contributed by atoms with Crippen LogP contribution in [0.4, 0.5) is 0 Å².